The van der Waals surface area contributed by atoms with Crippen LogP contribution >= 0.6 is 0 Å². The van der Waals surface area contributed by atoms with Gasteiger partial charge in [0.1, 0.15) is 18.2 Å². The van der Waals surface area contributed by atoms with Crippen molar-refractivity contribution < 1.29 is 4.74 Å². The van der Waals surface area contributed by atoms with Crippen molar-refractivity contribution in [1.82, 2.24) is 14.9 Å². The zero-order valence-corrected chi connectivity index (χ0v) is 19.3. The standard InChI is InChI=1S/C30H29N3O/c1-3-8-22(9-4-1)19-33(20-23-10-5-2-6-11-23)26-16-28-27(12-7-13-29(28)34-21-26)25-17-31-30(32-18-25)24-14-15-24/h1-13,17-18,24,26H,14-16,19-21H2/t26-/m0/s1. The lowest BCUT2D eigenvalue weighted by atomic mass is 9.93. The average molecular weight is 448 g/mol. The molecule has 4 aromatic rings. The Bertz CT molecular complexity index is 1200. The van der Waals surface area contributed by atoms with Crippen molar-refractivity contribution in [1.29, 1.82) is 0 Å². The van der Waals surface area contributed by atoms with Gasteiger partial charge in [-0.25, -0.2) is 9.97 Å². The quantitative estimate of drug-likeness (QED) is 0.347. The van der Waals surface area contributed by atoms with Gasteiger partial charge >= 0.3 is 0 Å². The first-order chi connectivity index (χ1) is 16.8. The highest BCUT2D eigenvalue weighted by molar-refractivity contribution is 5.69. The van der Waals surface area contributed by atoms with E-state index in [2.05, 4.69) is 93.7 Å². The number of ether oxygens (including phenoxy) is 1. The molecule has 0 bridgehead atoms. The summed E-state index contributed by atoms with van der Waals surface area (Å²) in [4.78, 5) is 11.9. The molecule has 170 valence electrons. The topological polar surface area (TPSA) is 38.2 Å². The lowest BCUT2D eigenvalue weighted by molar-refractivity contribution is 0.106. The molecular weight excluding hydrogens is 418 g/mol. The summed E-state index contributed by atoms with van der Waals surface area (Å²) >= 11 is 0. The molecule has 0 unspecified atom stereocenters. The molecule has 1 aromatic heterocycles. The molecule has 1 aliphatic heterocycles. The fourth-order valence-electron chi connectivity index (χ4n) is 4.88. The molecule has 6 rings (SSSR count). The van der Waals surface area contributed by atoms with Gasteiger partial charge in [0.05, 0.1) is 0 Å². The number of aromatic nitrogens is 2. The number of nitrogens with zero attached hydrogens (tertiary/aromatic N) is 3. The molecule has 2 aliphatic rings. The molecule has 1 atom stereocenters. The zero-order valence-electron chi connectivity index (χ0n) is 19.3. The lowest BCUT2D eigenvalue weighted by Gasteiger charge is -2.36. The molecule has 1 aliphatic carbocycles. The second-order valence-corrected chi connectivity index (χ2v) is 9.43. The van der Waals surface area contributed by atoms with E-state index in [1.54, 1.807) is 0 Å². The molecular formula is C30H29N3O. The maximum Gasteiger partial charge on any atom is 0.131 e. The minimum absolute atomic E-state index is 0.278. The molecule has 0 radical (unpaired) electrons. The average Bonchev–Trinajstić information content (AvgIpc) is 3.75. The Balaban J connectivity index is 1.29. The smallest absolute Gasteiger partial charge is 0.131 e. The van der Waals surface area contributed by atoms with Crippen LogP contribution in [0.25, 0.3) is 11.1 Å². The summed E-state index contributed by atoms with van der Waals surface area (Å²) in [5.41, 5.74) is 6.16. The van der Waals surface area contributed by atoms with E-state index in [-0.39, 0.29) is 6.04 Å². The van der Waals surface area contributed by atoms with E-state index in [0.717, 1.165) is 36.6 Å². The van der Waals surface area contributed by atoms with Crippen LogP contribution in [0.15, 0.2) is 91.3 Å². The van der Waals surface area contributed by atoms with Crippen LogP contribution in [0.2, 0.25) is 0 Å². The SMILES string of the molecule is c1ccc(CN(Cc2ccccc2)[C@@H]2COc3cccc(-c4cnc(C5CC5)nc4)c3C2)cc1. The maximum atomic E-state index is 6.34. The van der Waals surface area contributed by atoms with Crippen LogP contribution in [0.5, 0.6) is 5.75 Å². The largest absolute Gasteiger partial charge is 0.492 e. The molecule has 4 heteroatoms. The van der Waals surface area contributed by atoms with E-state index in [4.69, 9.17) is 4.74 Å². The highest BCUT2D eigenvalue weighted by atomic mass is 16.5. The third-order valence-electron chi connectivity index (χ3n) is 6.90. The van der Waals surface area contributed by atoms with Gasteiger partial charge in [-0.2, -0.15) is 0 Å². The van der Waals surface area contributed by atoms with E-state index in [0.29, 0.717) is 12.5 Å². The molecule has 0 saturated heterocycles. The number of benzene rings is 3. The van der Waals surface area contributed by atoms with Gasteiger partial charge in [-0.15, -0.1) is 0 Å². The van der Waals surface area contributed by atoms with E-state index in [9.17, 15) is 0 Å². The van der Waals surface area contributed by atoms with Crippen LogP contribution in [0.4, 0.5) is 0 Å². The van der Waals surface area contributed by atoms with Crippen molar-refractivity contribution in [2.75, 3.05) is 6.61 Å². The molecule has 0 spiro atoms. The minimum Gasteiger partial charge on any atom is -0.492 e. The first-order valence-electron chi connectivity index (χ1n) is 12.2. The second kappa shape index (κ2) is 9.40. The number of hydrogen-bond donors (Lipinski definition) is 0. The summed E-state index contributed by atoms with van der Waals surface area (Å²) in [5.74, 6) is 2.54. The van der Waals surface area contributed by atoms with E-state index >= 15 is 0 Å². The van der Waals surface area contributed by atoms with Crippen LogP contribution in [0, 0.1) is 0 Å². The number of rotatable bonds is 7. The second-order valence-electron chi connectivity index (χ2n) is 9.43. The van der Waals surface area contributed by atoms with Gasteiger partial charge in [-0.05, 0) is 42.0 Å². The van der Waals surface area contributed by atoms with Crippen molar-refractivity contribution in [2.24, 2.45) is 0 Å². The predicted molar refractivity (Wildman–Crippen MR) is 135 cm³/mol. The van der Waals surface area contributed by atoms with Crippen molar-refractivity contribution in [3.8, 4) is 16.9 Å². The van der Waals surface area contributed by atoms with Crippen molar-refractivity contribution >= 4 is 0 Å². The molecule has 1 fully saturated rings. The Morgan fingerprint density at radius 3 is 2.03 bits per heavy atom. The third-order valence-corrected chi connectivity index (χ3v) is 6.90. The molecule has 2 heterocycles. The molecule has 1 saturated carbocycles. The van der Waals surface area contributed by atoms with Crippen LogP contribution in [-0.2, 0) is 19.5 Å². The van der Waals surface area contributed by atoms with Crippen molar-refractivity contribution in [3.63, 3.8) is 0 Å². The van der Waals surface area contributed by atoms with Gasteiger partial charge < -0.3 is 4.74 Å². The van der Waals surface area contributed by atoms with Gasteiger partial charge in [0.15, 0.2) is 0 Å². The Hall–Kier alpha value is -3.50. The van der Waals surface area contributed by atoms with Gasteiger partial charge in [0.2, 0.25) is 0 Å². The van der Waals surface area contributed by atoms with Crippen LogP contribution in [-0.4, -0.2) is 27.5 Å². The fourth-order valence-corrected chi connectivity index (χ4v) is 4.88. The summed E-state index contributed by atoms with van der Waals surface area (Å²) < 4.78 is 6.34. The summed E-state index contributed by atoms with van der Waals surface area (Å²) in [7, 11) is 0. The summed E-state index contributed by atoms with van der Waals surface area (Å²) in [6, 6.07) is 28.1. The predicted octanol–water partition coefficient (Wildman–Crippen LogP) is 6.03. The first kappa shape index (κ1) is 21.1. The maximum absolute atomic E-state index is 6.34. The Kier molecular flexibility index (Phi) is 5.82. The summed E-state index contributed by atoms with van der Waals surface area (Å²) in [6.07, 6.45) is 7.36. The fraction of sp³-hybridized carbons (Fsp3) is 0.267. The molecule has 3 aromatic carbocycles. The lowest BCUT2D eigenvalue weighted by Crippen LogP contribution is -2.42. The van der Waals surface area contributed by atoms with Gasteiger partial charge in [0.25, 0.3) is 0 Å². The highest BCUT2D eigenvalue weighted by Gasteiger charge is 2.29. The molecule has 4 nitrogen and oxygen atoms in total. The van der Waals surface area contributed by atoms with Crippen molar-refractivity contribution in [3.05, 3.63) is 114 Å². The first-order valence-corrected chi connectivity index (χ1v) is 12.2. The summed E-state index contributed by atoms with van der Waals surface area (Å²) in [5, 5.41) is 0. The molecule has 0 N–H and O–H groups in total. The van der Waals surface area contributed by atoms with Gasteiger partial charge in [-0.3, -0.25) is 4.90 Å². The van der Waals surface area contributed by atoms with Crippen molar-refractivity contribution in [2.45, 2.75) is 44.3 Å². The Labute approximate surface area is 201 Å². The van der Waals surface area contributed by atoms with E-state index < -0.39 is 0 Å². The Morgan fingerprint density at radius 2 is 1.41 bits per heavy atom. The van der Waals surface area contributed by atoms with Gasteiger partial charge in [0, 0.05) is 48.6 Å². The molecule has 34 heavy (non-hydrogen) atoms. The zero-order chi connectivity index (χ0) is 22.7. The summed E-state index contributed by atoms with van der Waals surface area (Å²) in [6.45, 7) is 2.47. The van der Waals surface area contributed by atoms with E-state index in [1.807, 2.05) is 12.4 Å². The van der Waals surface area contributed by atoms with Crippen LogP contribution < -0.4 is 4.74 Å². The van der Waals surface area contributed by atoms with Crippen LogP contribution in [0.3, 0.4) is 0 Å². The number of hydrogen-bond acceptors (Lipinski definition) is 4. The Morgan fingerprint density at radius 1 is 0.765 bits per heavy atom. The minimum atomic E-state index is 0.278. The van der Waals surface area contributed by atoms with Gasteiger partial charge in [-0.1, -0.05) is 72.8 Å². The van der Waals surface area contributed by atoms with E-state index in [1.165, 1.54) is 35.1 Å². The monoisotopic (exact) mass is 447 g/mol. The highest BCUT2D eigenvalue weighted by Crippen LogP contribution is 2.39. The normalized spacial score (nSPS) is 17.3. The molecule has 0 amide bonds. The number of fused-ring (bicyclic) bond motifs is 1. The third kappa shape index (κ3) is 4.59. The van der Waals surface area contributed by atoms with Crippen LogP contribution in [0.1, 0.15) is 41.3 Å².